The largest absolute Gasteiger partial charge is 0.415 e. The summed E-state index contributed by atoms with van der Waals surface area (Å²) >= 11 is 0. The van der Waals surface area contributed by atoms with Crippen LogP contribution < -0.4 is 11.1 Å². The molecule has 0 bridgehead atoms. The van der Waals surface area contributed by atoms with Crippen LogP contribution in [-0.2, 0) is 11.2 Å². The van der Waals surface area contributed by atoms with Gasteiger partial charge in [-0.3, -0.25) is 4.79 Å². The maximum absolute atomic E-state index is 12.5. The van der Waals surface area contributed by atoms with Gasteiger partial charge in [0, 0.05) is 6.54 Å². The van der Waals surface area contributed by atoms with E-state index in [9.17, 15) is 18.0 Å². The lowest BCUT2D eigenvalue weighted by Gasteiger charge is -2.26. The number of benzene rings is 1. The predicted molar refractivity (Wildman–Crippen MR) is 66.4 cm³/mol. The van der Waals surface area contributed by atoms with Gasteiger partial charge in [0.2, 0.25) is 5.91 Å². The molecule has 1 aromatic rings. The summed E-state index contributed by atoms with van der Waals surface area (Å²) in [5.74, 6) is -1.20. The molecule has 0 aliphatic carbocycles. The normalized spacial score (nSPS) is 14.8. The maximum atomic E-state index is 12.5. The minimum atomic E-state index is -4.75. The number of nitrogens with two attached hydrogens (primary N) is 1. The van der Waals surface area contributed by atoms with E-state index >= 15 is 0 Å². The van der Waals surface area contributed by atoms with E-state index in [2.05, 4.69) is 5.32 Å². The SMILES string of the molecule is CC(N)(C(=O)NCCCc1ccccc1)C(F)(F)F. The number of alkyl halides is 3. The van der Waals surface area contributed by atoms with Crippen molar-refractivity contribution in [2.24, 2.45) is 5.73 Å². The van der Waals surface area contributed by atoms with Gasteiger partial charge in [-0.25, -0.2) is 0 Å². The van der Waals surface area contributed by atoms with Crippen molar-refractivity contribution in [1.29, 1.82) is 0 Å². The van der Waals surface area contributed by atoms with Gasteiger partial charge in [-0.15, -0.1) is 0 Å². The zero-order chi connectivity index (χ0) is 14.5. The summed E-state index contributed by atoms with van der Waals surface area (Å²) in [5, 5.41) is 2.22. The number of amides is 1. The van der Waals surface area contributed by atoms with Gasteiger partial charge < -0.3 is 11.1 Å². The molecule has 0 radical (unpaired) electrons. The highest BCUT2D eigenvalue weighted by Gasteiger charge is 2.53. The third-order valence-electron chi connectivity index (χ3n) is 2.83. The molecule has 19 heavy (non-hydrogen) atoms. The number of hydrogen-bond acceptors (Lipinski definition) is 2. The minimum absolute atomic E-state index is 0.163. The second-order valence-corrected chi connectivity index (χ2v) is 4.55. The van der Waals surface area contributed by atoms with Crippen molar-refractivity contribution in [1.82, 2.24) is 5.32 Å². The number of halogens is 3. The van der Waals surface area contributed by atoms with Gasteiger partial charge in [0.15, 0.2) is 5.54 Å². The molecule has 1 amide bonds. The van der Waals surface area contributed by atoms with Crippen molar-refractivity contribution in [3.8, 4) is 0 Å². The van der Waals surface area contributed by atoms with Crippen LogP contribution in [0.15, 0.2) is 30.3 Å². The van der Waals surface area contributed by atoms with Gasteiger partial charge in [-0.05, 0) is 25.3 Å². The lowest BCUT2D eigenvalue weighted by atomic mass is 10.0. The van der Waals surface area contributed by atoms with Crippen LogP contribution in [0.1, 0.15) is 18.9 Å². The number of carbonyl (C=O) groups excluding carboxylic acids is 1. The fourth-order valence-corrected chi connectivity index (χ4v) is 1.45. The lowest BCUT2D eigenvalue weighted by molar-refractivity contribution is -0.187. The van der Waals surface area contributed by atoms with E-state index in [0.29, 0.717) is 19.8 Å². The first-order chi connectivity index (χ1) is 8.75. The zero-order valence-corrected chi connectivity index (χ0v) is 10.6. The predicted octanol–water partition coefficient (Wildman–Crippen LogP) is 2.02. The number of carbonyl (C=O) groups is 1. The molecule has 1 aromatic carbocycles. The van der Waals surface area contributed by atoms with Crippen LogP contribution in [-0.4, -0.2) is 24.2 Å². The molecule has 0 saturated heterocycles. The summed E-state index contributed by atoms with van der Waals surface area (Å²) in [7, 11) is 0. The van der Waals surface area contributed by atoms with Gasteiger partial charge in [-0.1, -0.05) is 30.3 Å². The van der Waals surface area contributed by atoms with Crippen molar-refractivity contribution < 1.29 is 18.0 Å². The molecule has 1 unspecified atom stereocenters. The van der Waals surface area contributed by atoms with Gasteiger partial charge in [-0.2, -0.15) is 13.2 Å². The second kappa shape index (κ2) is 6.06. The van der Waals surface area contributed by atoms with Crippen LogP contribution in [0.3, 0.4) is 0 Å². The van der Waals surface area contributed by atoms with E-state index in [1.807, 2.05) is 30.3 Å². The number of rotatable bonds is 5. The lowest BCUT2D eigenvalue weighted by Crippen LogP contribution is -2.61. The highest BCUT2D eigenvalue weighted by molar-refractivity contribution is 5.86. The first kappa shape index (κ1) is 15.5. The highest BCUT2D eigenvalue weighted by Crippen LogP contribution is 2.27. The van der Waals surface area contributed by atoms with Crippen LogP contribution in [0, 0.1) is 0 Å². The molecule has 0 heterocycles. The molecule has 1 atom stereocenters. The first-order valence-corrected chi connectivity index (χ1v) is 5.93. The van der Waals surface area contributed by atoms with E-state index in [4.69, 9.17) is 5.73 Å². The minimum Gasteiger partial charge on any atom is -0.354 e. The molecule has 0 fully saturated rings. The number of nitrogens with one attached hydrogen (secondary N) is 1. The molecule has 1 rings (SSSR count). The Labute approximate surface area is 110 Å². The van der Waals surface area contributed by atoms with Gasteiger partial charge in [0.25, 0.3) is 0 Å². The first-order valence-electron chi connectivity index (χ1n) is 5.93. The number of aryl methyl sites for hydroxylation is 1. The summed E-state index contributed by atoms with van der Waals surface area (Å²) < 4.78 is 37.4. The van der Waals surface area contributed by atoms with E-state index in [1.165, 1.54) is 0 Å². The second-order valence-electron chi connectivity index (χ2n) is 4.55. The molecule has 106 valence electrons. The Hall–Kier alpha value is -1.56. The monoisotopic (exact) mass is 274 g/mol. The smallest absolute Gasteiger partial charge is 0.354 e. The Morgan fingerprint density at radius 3 is 2.37 bits per heavy atom. The maximum Gasteiger partial charge on any atom is 0.415 e. The number of hydrogen-bond donors (Lipinski definition) is 2. The molecule has 0 saturated carbocycles. The molecule has 0 aromatic heterocycles. The average Bonchev–Trinajstić information content (AvgIpc) is 2.34. The Balaban J connectivity index is 2.36. The fraction of sp³-hybridized carbons (Fsp3) is 0.462. The summed E-state index contributed by atoms with van der Waals surface area (Å²) in [4.78, 5) is 11.4. The van der Waals surface area contributed by atoms with Crippen LogP contribution in [0.5, 0.6) is 0 Å². The molecule has 3 N–H and O–H groups in total. The highest BCUT2D eigenvalue weighted by atomic mass is 19.4. The molecule has 0 aliphatic rings. The molecular formula is C13H17F3N2O. The van der Waals surface area contributed by atoms with Crippen LogP contribution in [0.2, 0.25) is 0 Å². The van der Waals surface area contributed by atoms with Crippen molar-refractivity contribution in [3.05, 3.63) is 35.9 Å². The Morgan fingerprint density at radius 2 is 1.84 bits per heavy atom. The fourth-order valence-electron chi connectivity index (χ4n) is 1.45. The van der Waals surface area contributed by atoms with Crippen molar-refractivity contribution >= 4 is 5.91 Å². The molecule has 6 heteroatoms. The van der Waals surface area contributed by atoms with Gasteiger partial charge in [0.1, 0.15) is 0 Å². The van der Waals surface area contributed by atoms with E-state index < -0.39 is 17.6 Å². The van der Waals surface area contributed by atoms with Gasteiger partial charge in [0.05, 0.1) is 0 Å². The molecule has 0 aliphatic heterocycles. The topological polar surface area (TPSA) is 55.1 Å². The quantitative estimate of drug-likeness (QED) is 0.807. The Bertz CT molecular complexity index is 416. The van der Waals surface area contributed by atoms with Gasteiger partial charge >= 0.3 is 6.18 Å². The van der Waals surface area contributed by atoms with Crippen molar-refractivity contribution in [2.75, 3.05) is 6.54 Å². The van der Waals surface area contributed by atoms with Crippen LogP contribution in [0.25, 0.3) is 0 Å². The van der Waals surface area contributed by atoms with E-state index in [-0.39, 0.29) is 6.54 Å². The molecular weight excluding hydrogens is 257 g/mol. The van der Waals surface area contributed by atoms with Crippen molar-refractivity contribution in [2.45, 2.75) is 31.5 Å². The third kappa shape index (κ3) is 4.24. The summed E-state index contributed by atoms with van der Waals surface area (Å²) in [6.07, 6.45) is -3.51. The summed E-state index contributed by atoms with van der Waals surface area (Å²) in [6, 6.07) is 9.49. The average molecular weight is 274 g/mol. The summed E-state index contributed by atoms with van der Waals surface area (Å²) in [5.41, 5.74) is 3.22. The van der Waals surface area contributed by atoms with E-state index in [0.717, 1.165) is 5.56 Å². The zero-order valence-electron chi connectivity index (χ0n) is 10.6. The van der Waals surface area contributed by atoms with E-state index in [1.54, 1.807) is 0 Å². The van der Waals surface area contributed by atoms with Crippen LogP contribution in [0.4, 0.5) is 13.2 Å². The summed E-state index contributed by atoms with van der Waals surface area (Å²) in [6.45, 7) is 0.829. The standard InChI is InChI=1S/C13H17F3N2O/c1-12(17,13(14,15)16)11(19)18-9-5-8-10-6-3-2-4-7-10/h2-4,6-7H,5,8-9,17H2,1H3,(H,18,19). The molecule has 0 spiro atoms. The van der Waals surface area contributed by atoms with Crippen LogP contribution >= 0.6 is 0 Å². The Morgan fingerprint density at radius 1 is 1.26 bits per heavy atom. The molecule has 3 nitrogen and oxygen atoms in total. The van der Waals surface area contributed by atoms with Crippen molar-refractivity contribution in [3.63, 3.8) is 0 Å². The Kier molecular flexibility index (Phi) is 4.94. The third-order valence-corrected chi connectivity index (χ3v) is 2.83.